The van der Waals surface area contributed by atoms with E-state index in [1.54, 1.807) is 0 Å². The molecule has 0 aliphatic heterocycles. The van der Waals surface area contributed by atoms with Crippen LogP contribution in [0.4, 0.5) is 0 Å². The van der Waals surface area contributed by atoms with Crippen molar-refractivity contribution in [1.82, 2.24) is 0 Å². The van der Waals surface area contributed by atoms with Gasteiger partial charge >= 0.3 is 0 Å². The Morgan fingerprint density at radius 1 is 1.06 bits per heavy atom. The lowest BCUT2D eigenvalue weighted by atomic mass is 9.71. The molecule has 0 unspecified atom stereocenters. The Balaban J connectivity index is 3.11. The van der Waals surface area contributed by atoms with E-state index >= 15 is 0 Å². The molecule has 1 aromatic rings. The molecule has 0 aromatic heterocycles. The van der Waals surface area contributed by atoms with Crippen LogP contribution in [0.2, 0.25) is 0 Å². The lowest BCUT2D eigenvalue weighted by Crippen LogP contribution is -2.25. The zero-order valence-corrected chi connectivity index (χ0v) is 11.3. The second-order valence-electron chi connectivity index (χ2n) is 6.41. The van der Waals surface area contributed by atoms with Crippen LogP contribution >= 0.6 is 0 Å². The Labute approximate surface area is 100 Å². The summed E-state index contributed by atoms with van der Waals surface area (Å²) in [6, 6.07) is 8.57. The minimum absolute atomic E-state index is 0.197. The fraction of sp³-hybridized carbons (Fsp3) is 0.500. The molecule has 0 aliphatic carbocycles. The highest BCUT2D eigenvalue weighted by molar-refractivity contribution is 5.54. The van der Waals surface area contributed by atoms with Crippen molar-refractivity contribution in [2.24, 2.45) is 5.41 Å². The lowest BCUT2D eigenvalue weighted by molar-refractivity contribution is 0.284. The van der Waals surface area contributed by atoms with Crippen LogP contribution < -0.4 is 0 Å². The van der Waals surface area contributed by atoms with E-state index in [2.05, 4.69) is 65.5 Å². The van der Waals surface area contributed by atoms with Crippen LogP contribution in [0.3, 0.4) is 0 Å². The first-order valence-corrected chi connectivity index (χ1v) is 5.98. The second-order valence-corrected chi connectivity index (χ2v) is 6.41. The topological polar surface area (TPSA) is 0 Å². The van der Waals surface area contributed by atoms with Gasteiger partial charge in [-0.1, -0.05) is 71.5 Å². The van der Waals surface area contributed by atoms with Crippen molar-refractivity contribution in [2.75, 3.05) is 0 Å². The summed E-state index contributed by atoms with van der Waals surface area (Å²) in [4.78, 5) is 0. The predicted molar refractivity (Wildman–Crippen MR) is 73.6 cm³/mol. The van der Waals surface area contributed by atoms with E-state index in [1.807, 2.05) is 6.08 Å². The molecule has 0 atom stereocenters. The highest BCUT2D eigenvalue weighted by Gasteiger charge is 2.28. The van der Waals surface area contributed by atoms with Crippen molar-refractivity contribution in [3.05, 3.63) is 42.0 Å². The van der Waals surface area contributed by atoms with Gasteiger partial charge in [-0.25, -0.2) is 0 Å². The third kappa shape index (κ3) is 3.23. The van der Waals surface area contributed by atoms with Crippen LogP contribution in [0.1, 0.15) is 52.2 Å². The first kappa shape index (κ1) is 13.0. The van der Waals surface area contributed by atoms with Gasteiger partial charge in [0.25, 0.3) is 0 Å². The van der Waals surface area contributed by atoms with Gasteiger partial charge in [0.2, 0.25) is 0 Å². The molecule has 0 nitrogen and oxygen atoms in total. The Bertz CT molecular complexity index is 364. The fourth-order valence-electron chi connectivity index (χ4n) is 2.71. The molecular formula is C16H24. The SMILES string of the molecule is C=Cc1ccccc1C(C)(C)CC(C)(C)C. The molecule has 0 spiro atoms. The molecule has 0 amide bonds. The molecule has 0 aliphatic rings. The standard InChI is InChI=1S/C16H24/c1-7-13-10-8-9-11-14(13)16(5,6)12-15(2,3)4/h7-11H,1,12H2,2-6H3. The average Bonchev–Trinajstić information content (AvgIpc) is 2.14. The van der Waals surface area contributed by atoms with Gasteiger partial charge in [0.05, 0.1) is 0 Å². The summed E-state index contributed by atoms with van der Waals surface area (Å²) in [5.74, 6) is 0. The van der Waals surface area contributed by atoms with E-state index in [4.69, 9.17) is 0 Å². The molecule has 0 fully saturated rings. The summed E-state index contributed by atoms with van der Waals surface area (Å²) in [7, 11) is 0. The molecule has 1 rings (SSSR count). The van der Waals surface area contributed by atoms with Gasteiger partial charge in [0.15, 0.2) is 0 Å². The van der Waals surface area contributed by atoms with Gasteiger partial charge < -0.3 is 0 Å². The summed E-state index contributed by atoms with van der Waals surface area (Å²) in [5, 5.41) is 0. The zero-order chi connectivity index (χ0) is 12.4. The molecule has 0 heteroatoms. The lowest BCUT2D eigenvalue weighted by Gasteiger charge is -2.34. The van der Waals surface area contributed by atoms with Crippen LogP contribution in [-0.2, 0) is 5.41 Å². The van der Waals surface area contributed by atoms with Crippen LogP contribution in [0, 0.1) is 5.41 Å². The van der Waals surface area contributed by atoms with E-state index in [-0.39, 0.29) is 5.41 Å². The smallest absolute Gasteiger partial charge is 0.00927 e. The maximum absolute atomic E-state index is 3.90. The minimum atomic E-state index is 0.197. The van der Waals surface area contributed by atoms with Crippen LogP contribution in [0.25, 0.3) is 6.08 Å². The van der Waals surface area contributed by atoms with Crippen molar-refractivity contribution in [3.8, 4) is 0 Å². The second kappa shape index (κ2) is 4.45. The molecule has 88 valence electrons. The fourth-order valence-corrected chi connectivity index (χ4v) is 2.71. The Morgan fingerprint density at radius 3 is 2.12 bits per heavy atom. The van der Waals surface area contributed by atoms with E-state index < -0.39 is 0 Å². The van der Waals surface area contributed by atoms with E-state index in [0.717, 1.165) is 0 Å². The molecule has 0 bridgehead atoms. The first-order chi connectivity index (χ1) is 7.26. The Morgan fingerprint density at radius 2 is 1.62 bits per heavy atom. The van der Waals surface area contributed by atoms with Crippen molar-refractivity contribution >= 4 is 6.08 Å². The highest BCUT2D eigenvalue weighted by atomic mass is 14.3. The molecule has 0 radical (unpaired) electrons. The molecular weight excluding hydrogens is 192 g/mol. The molecule has 16 heavy (non-hydrogen) atoms. The van der Waals surface area contributed by atoms with Gasteiger partial charge in [-0.15, -0.1) is 0 Å². The maximum Gasteiger partial charge on any atom is -0.00927 e. The monoisotopic (exact) mass is 216 g/mol. The largest absolute Gasteiger partial charge is 0.0985 e. The Hall–Kier alpha value is -1.04. The van der Waals surface area contributed by atoms with E-state index in [0.29, 0.717) is 5.41 Å². The van der Waals surface area contributed by atoms with Crippen molar-refractivity contribution in [1.29, 1.82) is 0 Å². The van der Waals surface area contributed by atoms with Gasteiger partial charge in [-0.2, -0.15) is 0 Å². The van der Waals surface area contributed by atoms with Crippen molar-refractivity contribution < 1.29 is 0 Å². The molecule has 1 aromatic carbocycles. The number of rotatable bonds is 3. The summed E-state index contributed by atoms with van der Waals surface area (Å²) in [6.45, 7) is 15.4. The summed E-state index contributed by atoms with van der Waals surface area (Å²) >= 11 is 0. The third-order valence-corrected chi connectivity index (χ3v) is 2.88. The normalized spacial score (nSPS) is 12.6. The van der Waals surface area contributed by atoms with Gasteiger partial charge in [-0.05, 0) is 28.4 Å². The van der Waals surface area contributed by atoms with Gasteiger partial charge in [0.1, 0.15) is 0 Å². The highest BCUT2D eigenvalue weighted by Crippen LogP contribution is 2.37. The number of benzene rings is 1. The molecule has 0 saturated heterocycles. The quantitative estimate of drug-likeness (QED) is 0.663. The van der Waals surface area contributed by atoms with Crippen molar-refractivity contribution in [2.45, 2.75) is 46.5 Å². The Kier molecular flexibility index (Phi) is 3.62. The predicted octanol–water partition coefficient (Wildman–Crippen LogP) is 5.04. The van der Waals surface area contributed by atoms with Gasteiger partial charge in [0, 0.05) is 0 Å². The third-order valence-electron chi connectivity index (χ3n) is 2.88. The van der Waals surface area contributed by atoms with Crippen LogP contribution in [0.15, 0.2) is 30.8 Å². The maximum atomic E-state index is 3.90. The number of hydrogen-bond acceptors (Lipinski definition) is 0. The zero-order valence-electron chi connectivity index (χ0n) is 11.3. The van der Waals surface area contributed by atoms with Crippen LogP contribution in [-0.4, -0.2) is 0 Å². The van der Waals surface area contributed by atoms with Crippen molar-refractivity contribution in [3.63, 3.8) is 0 Å². The first-order valence-electron chi connectivity index (χ1n) is 5.98. The molecule has 0 heterocycles. The average molecular weight is 216 g/mol. The summed E-state index contributed by atoms with van der Waals surface area (Å²) < 4.78 is 0. The summed E-state index contributed by atoms with van der Waals surface area (Å²) in [5.41, 5.74) is 3.21. The van der Waals surface area contributed by atoms with E-state index in [9.17, 15) is 0 Å². The molecule has 0 saturated carbocycles. The number of hydrogen-bond donors (Lipinski definition) is 0. The minimum Gasteiger partial charge on any atom is -0.0985 e. The van der Waals surface area contributed by atoms with E-state index in [1.165, 1.54) is 17.5 Å². The van der Waals surface area contributed by atoms with Gasteiger partial charge in [-0.3, -0.25) is 0 Å². The summed E-state index contributed by atoms with van der Waals surface area (Å²) in [6.07, 6.45) is 3.13. The molecule has 0 N–H and O–H groups in total. The van der Waals surface area contributed by atoms with Crippen LogP contribution in [0.5, 0.6) is 0 Å².